The number of nitrogens with zero attached hydrogens (tertiary/aromatic N) is 1. The average molecular weight is 795 g/mol. The summed E-state index contributed by atoms with van der Waals surface area (Å²) in [6, 6.07) is -0.799. The average Bonchev–Trinajstić information content (AvgIpc) is 3.13. The molecule has 1 amide bonds. The number of hydrogen-bond donors (Lipinski definition) is 2. The third kappa shape index (κ3) is 40.5. The van der Waals surface area contributed by atoms with E-state index in [2.05, 4.69) is 67.8 Å². The standard InChI is InChI=1S/C46H87N2O6P/c1-6-8-10-12-14-16-17-18-19-20-21-22-23-24-25-26-27-28-29-30-31-32-34-36-38-40-46(50)47-44(43-54-55(51,52)53-42-41-48(3,4)5)45(49)39-37-35-33-15-13-11-9-7-2/h8,10,14,16,18-19,21-22,44-45,49H,6-7,9,11-13,15,17,20,23-43H2,1-5H3,(H-,47,50,51,52)/b10-8-,16-14-,19-18-,22-21-. The molecule has 9 heteroatoms. The molecular weight excluding hydrogens is 707 g/mol. The Balaban J connectivity index is 4.12. The van der Waals surface area contributed by atoms with Crippen LogP contribution in [0.5, 0.6) is 0 Å². The number of rotatable bonds is 40. The fourth-order valence-corrected chi connectivity index (χ4v) is 6.99. The largest absolute Gasteiger partial charge is 0.756 e. The van der Waals surface area contributed by atoms with Crippen LogP contribution in [-0.4, -0.2) is 68.5 Å². The summed E-state index contributed by atoms with van der Waals surface area (Å²) >= 11 is 0. The highest BCUT2D eigenvalue weighted by molar-refractivity contribution is 7.45. The quantitative estimate of drug-likeness (QED) is 0.0277. The van der Waals surface area contributed by atoms with Gasteiger partial charge in [-0.25, -0.2) is 0 Å². The molecule has 0 aliphatic heterocycles. The summed E-state index contributed by atoms with van der Waals surface area (Å²) in [5.41, 5.74) is 0. The van der Waals surface area contributed by atoms with E-state index in [0.717, 1.165) is 64.2 Å². The van der Waals surface area contributed by atoms with Gasteiger partial charge in [0.25, 0.3) is 7.82 Å². The van der Waals surface area contributed by atoms with Crippen LogP contribution in [0.3, 0.4) is 0 Å². The van der Waals surface area contributed by atoms with Crippen LogP contribution in [0.4, 0.5) is 0 Å². The third-order valence-electron chi connectivity index (χ3n) is 9.83. The lowest BCUT2D eigenvalue weighted by atomic mass is 10.0. The number of aliphatic hydroxyl groups excluding tert-OH is 1. The second-order valence-corrected chi connectivity index (χ2v) is 17.8. The minimum atomic E-state index is -4.56. The predicted octanol–water partition coefficient (Wildman–Crippen LogP) is 11.8. The van der Waals surface area contributed by atoms with E-state index in [0.29, 0.717) is 23.9 Å². The van der Waals surface area contributed by atoms with Gasteiger partial charge in [-0.3, -0.25) is 9.36 Å². The van der Waals surface area contributed by atoms with Gasteiger partial charge in [-0.05, 0) is 51.4 Å². The molecule has 0 heterocycles. The summed E-state index contributed by atoms with van der Waals surface area (Å²) in [7, 11) is 1.30. The number of amides is 1. The fourth-order valence-electron chi connectivity index (χ4n) is 6.26. The Labute approximate surface area is 339 Å². The van der Waals surface area contributed by atoms with Gasteiger partial charge in [0.05, 0.1) is 39.9 Å². The number of nitrogens with one attached hydrogen (secondary N) is 1. The SMILES string of the molecule is CC/C=C\C/C=C\C/C=C\C/C=C\CCCCCCCCCCCCCCC(=O)NC(COP(=O)([O-])OCC[N+](C)(C)C)C(O)CCCCCCCCCC. The van der Waals surface area contributed by atoms with Crippen LogP contribution in [0.2, 0.25) is 0 Å². The van der Waals surface area contributed by atoms with Crippen LogP contribution in [0.1, 0.15) is 187 Å². The molecule has 2 N–H and O–H groups in total. The van der Waals surface area contributed by atoms with E-state index in [1.54, 1.807) is 0 Å². The fraction of sp³-hybridized carbons (Fsp3) is 0.804. The zero-order valence-electron chi connectivity index (χ0n) is 36.4. The highest BCUT2D eigenvalue weighted by Gasteiger charge is 2.24. The lowest BCUT2D eigenvalue weighted by Crippen LogP contribution is -2.46. The summed E-state index contributed by atoms with van der Waals surface area (Å²) < 4.78 is 23.2. The Morgan fingerprint density at radius 1 is 0.655 bits per heavy atom. The topological polar surface area (TPSA) is 108 Å². The second-order valence-electron chi connectivity index (χ2n) is 16.4. The Morgan fingerprint density at radius 3 is 1.62 bits per heavy atom. The summed E-state index contributed by atoms with van der Waals surface area (Å²) in [5.74, 6) is -0.172. The molecule has 0 radical (unpaired) electrons. The Hall–Kier alpha value is -1.54. The van der Waals surface area contributed by atoms with E-state index in [4.69, 9.17) is 9.05 Å². The maximum atomic E-state index is 12.8. The molecule has 55 heavy (non-hydrogen) atoms. The number of hydrogen-bond acceptors (Lipinski definition) is 6. The van der Waals surface area contributed by atoms with Crippen LogP contribution in [0.15, 0.2) is 48.6 Å². The van der Waals surface area contributed by atoms with Gasteiger partial charge < -0.3 is 28.8 Å². The molecule has 322 valence electrons. The number of allylic oxidation sites excluding steroid dienone is 8. The number of unbranched alkanes of at least 4 members (excludes halogenated alkanes) is 19. The highest BCUT2D eigenvalue weighted by Crippen LogP contribution is 2.38. The third-order valence-corrected chi connectivity index (χ3v) is 10.8. The molecule has 0 saturated heterocycles. The van der Waals surface area contributed by atoms with Gasteiger partial charge >= 0.3 is 0 Å². The smallest absolute Gasteiger partial charge is 0.268 e. The second kappa shape index (κ2) is 38.0. The summed E-state index contributed by atoms with van der Waals surface area (Å²) in [4.78, 5) is 25.2. The maximum Gasteiger partial charge on any atom is 0.268 e. The van der Waals surface area contributed by atoms with E-state index < -0.39 is 20.0 Å². The van der Waals surface area contributed by atoms with Crippen molar-refractivity contribution in [3.05, 3.63) is 48.6 Å². The molecule has 0 saturated carbocycles. The molecule has 0 aromatic carbocycles. The van der Waals surface area contributed by atoms with Gasteiger partial charge in [-0.15, -0.1) is 0 Å². The van der Waals surface area contributed by atoms with Gasteiger partial charge in [0, 0.05) is 6.42 Å². The lowest BCUT2D eigenvalue weighted by Gasteiger charge is -2.30. The highest BCUT2D eigenvalue weighted by atomic mass is 31.2. The van der Waals surface area contributed by atoms with Gasteiger partial charge in [0.15, 0.2) is 0 Å². The number of aliphatic hydroxyl groups is 1. The number of phosphoric acid groups is 1. The Bertz CT molecular complexity index is 1040. The van der Waals surface area contributed by atoms with Gasteiger partial charge in [0.2, 0.25) is 5.91 Å². The summed E-state index contributed by atoms with van der Waals surface area (Å²) in [6.45, 7) is 4.56. The molecular formula is C46H87N2O6P. The van der Waals surface area contributed by atoms with Crippen molar-refractivity contribution in [2.24, 2.45) is 0 Å². The number of likely N-dealkylation sites (N-methyl/N-ethyl adjacent to an activating group) is 1. The molecule has 0 spiro atoms. The van der Waals surface area contributed by atoms with E-state index in [1.165, 1.54) is 96.3 Å². The first-order chi connectivity index (χ1) is 26.5. The molecule has 0 aliphatic rings. The number of carbonyl (C=O) groups is 1. The summed E-state index contributed by atoms with van der Waals surface area (Å²) in [6.07, 6.45) is 47.0. The number of quaternary nitrogens is 1. The number of carbonyl (C=O) groups excluding carboxylic acids is 1. The van der Waals surface area contributed by atoms with E-state index in [-0.39, 0.29) is 19.1 Å². The molecule has 0 aromatic rings. The molecule has 0 aromatic heterocycles. The van der Waals surface area contributed by atoms with Crippen LogP contribution in [-0.2, 0) is 18.4 Å². The van der Waals surface area contributed by atoms with Crippen molar-refractivity contribution < 1.29 is 32.9 Å². The molecule has 0 bridgehead atoms. The van der Waals surface area contributed by atoms with Crippen LogP contribution >= 0.6 is 7.82 Å². The minimum absolute atomic E-state index is 0.0102. The van der Waals surface area contributed by atoms with Crippen LogP contribution < -0.4 is 10.2 Å². The zero-order valence-corrected chi connectivity index (χ0v) is 37.3. The summed E-state index contributed by atoms with van der Waals surface area (Å²) in [5, 5.41) is 13.8. The van der Waals surface area contributed by atoms with Gasteiger partial charge in [0.1, 0.15) is 13.2 Å². The molecule has 8 nitrogen and oxygen atoms in total. The van der Waals surface area contributed by atoms with Crippen molar-refractivity contribution in [3.63, 3.8) is 0 Å². The molecule has 0 aliphatic carbocycles. The first-order valence-electron chi connectivity index (χ1n) is 22.5. The van der Waals surface area contributed by atoms with Crippen molar-refractivity contribution in [1.82, 2.24) is 5.32 Å². The number of phosphoric ester groups is 1. The van der Waals surface area contributed by atoms with Crippen molar-refractivity contribution in [3.8, 4) is 0 Å². The van der Waals surface area contributed by atoms with Crippen molar-refractivity contribution in [1.29, 1.82) is 0 Å². The van der Waals surface area contributed by atoms with Crippen LogP contribution in [0, 0.1) is 0 Å². The Kier molecular flexibility index (Phi) is 36.9. The Morgan fingerprint density at radius 2 is 1.11 bits per heavy atom. The first-order valence-corrected chi connectivity index (χ1v) is 23.9. The van der Waals surface area contributed by atoms with Gasteiger partial charge in [-0.2, -0.15) is 0 Å². The van der Waals surface area contributed by atoms with E-state index >= 15 is 0 Å². The molecule has 3 unspecified atom stereocenters. The van der Waals surface area contributed by atoms with Crippen molar-refractivity contribution in [2.45, 2.75) is 199 Å². The lowest BCUT2D eigenvalue weighted by molar-refractivity contribution is -0.870. The van der Waals surface area contributed by atoms with Crippen molar-refractivity contribution >= 4 is 13.7 Å². The van der Waals surface area contributed by atoms with Gasteiger partial charge in [-0.1, -0.05) is 178 Å². The maximum absolute atomic E-state index is 12.8. The zero-order chi connectivity index (χ0) is 40.7. The van der Waals surface area contributed by atoms with Crippen LogP contribution in [0.25, 0.3) is 0 Å². The van der Waals surface area contributed by atoms with Crippen molar-refractivity contribution in [2.75, 3.05) is 40.9 Å². The molecule has 0 rings (SSSR count). The monoisotopic (exact) mass is 795 g/mol. The normalized spacial score (nSPS) is 14.8. The van der Waals surface area contributed by atoms with E-state index in [9.17, 15) is 19.4 Å². The minimum Gasteiger partial charge on any atom is -0.756 e. The van der Waals surface area contributed by atoms with E-state index in [1.807, 2.05) is 21.1 Å². The predicted molar refractivity (Wildman–Crippen MR) is 233 cm³/mol. The molecule has 3 atom stereocenters. The molecule has 0 fully saturated rings. The first kappa shape index (κ1) is 53.5.